The third kappa shape index (κ3) is 4.19. The van der Waals surface area contributed by atoms with Crippen molar-refractivity contribution in [2.24, 2.45) is 23.7 Å². The molecule has 0 radical (unpaired) electrons. The van der Waals surface area contributed by atoms with E-state index in [1.807, 2.05) is 6.07 Å². The highest BCUT2D eigenvalue weighted by molar-refractivity contribution is 6.22. The van der Waals surface area contributed by atoms with Gasteiger partial charge in [-0.15, -0.1) is 0 Å². The molecule has 2 amide bonds. The van der Waals surface area contributed by atoms with Gasteiger partial charge in [-0.25, -0.2) is 4.90 Å². The van der Waals surface area contributed by atoms with Crippen molar-refractivity contribution >= 4 is 28.9 Å². The van der Waals surface area contributed by atoms with Crippen LogP contribution in [0.5, 0.6) is 0 Å². The molecule has 0 bridgehead atoms. The van der Waals surface area contributed by atoms with Crippen LogP contribution < -0.4 is 9.80 Å². The van der Waals surface area contributed by atoms with Gasteiger partial charge in [0, 0.05) is 19.2 Å². The largest absolute Gasteiger partial charge is 0.366 e. The number of nitro groups is 1. The van der Waals surface area contributed by atoms with E-state index in [1.165, 1.54) is 16.5 Å². The smallest absolute Gasteiger partial charge is 0.294 e. The van der Waals surface area contributed by atoms with Crippen molar-refractivity contribution in [1.82, 2.24) is 0 Å². The van der Waals surface area contributed by atoms with Crippen LogP contribution in [0.25, 0.3) is 0 Å². The van der Waals surface area contributed by atoms with Crippen LogP contribution in [0.4, 0.5) is 17.1 Å². The van der Waals surface area contributed by atoms with E-state index in [1.54, 1.807) is 12.1 Å². The Balaban J connectivity index is 1.33. The molecule has 0 N–H and O–H groups in total. The number of carbonyl (C=O) groups excluding carboxylic acids is 2. The molecule has 5 rings (SSSR count). The fraction of sp³-hybridized carbons (Fsp3) is 0.481. The minimum Gasteiger partial charge on any atom is -0.366 e. The Labute approximate surface area is 199 Å². The molecule has 1 saturated carbocycles. The Morgan fingerprint density at radius 2 is 1.65 bits per heavy atom. The zero-order chi connectivity index (χ0) is 23.8. The molecular weight excluding hydrogens is 430 g/mol. The SMILES string of the molecule is C[C@@H]1CC[C@H]2C(=O)N(c3ccc(N4CCC(Cc5ccccc5)CC4)c([N+](=O)[O-])c3)C(=O)[C@@H]2C1. The predicted octanol–water partition coefficient (Wildman–Crippen LogP) is 4.98. The maximum atomic E-state index is 13.1. The first-order chi connectivity index (χ1) is 16.4. The first-order valence-electron chi connectivity index (χ1n) is 12.4. The van der Waals surface area contributed by atoms with E-state index in [0.717, 1.165) is 38.8 Å². The fourth-order valence-corrected chi connectivity index (χ4v) is 6.03. The van der Waals surface area contributed by atoms with Crippen molar-refractivity contribution in [2.45, 2.75) is 45.4 Å². The maximum absolute atomic E-state index is 13.1. The number of nitrogens with zero attached hydrogens (tertiary/aromatic N) is 3. The number of imide groups is 1. The van der Waals surface area contributed by atoms with Crippen LogP contribution in [0.3, 0.4) is 0 Å². The summed E-state index contributed by atoms with van der Waals surface area (Å²) in [5.74, 6) is -0.0114. The number of anilines is 2. The van der Waals surface area contributed by atoms with Gasteiger partial charge in [-0.1, -0.05) is 37.3 Å². The van der Waals surface area contributed by atoms with Gasteiger partial charge in [0.2, 0.25) is 11.8 Å². The van der Waals surface area contributed by atoms with Gasteiger partial charge in [0.25, 0.3) is 5.69 Å². The van der Waals surface area contributed by atoms with Crippen LogP contribution in [-0.2, 0) is 16.0 Å². The van der Waals surface area contributed by atoms with Crippen molar-refractivity contribution in [3.8, 4) is 0 Å². The van der Waals surface area contributed by atoms with E-state index in [9.17, 15) is 19.7 Å². The molecule has 2 heterocycles. The van der Waals surface area contributed by atoms with Gasteiger partial charge < -0.3 is 4.90 Å². The van der Waals surface area contributed by atoms with Crippen molar-refractivity contribution in [2.75, 3.05) is 22.9 Å². The lowest BCUT2D eigenvalue weighted by molar-refractivity contribution is -0.384. The van der Waals surface area contributed by atoms with E-state index < -0.39 is 4.92 Å². The summed E-state index contributed by atoms with van der Waals surface area (Å²) in [6, 6.07) is 15.3. The van der Waals surface area contributed by atoms with Gasteiger partial charge in [-0.2, -0.15) is 0 Å². The van der Waals surface area contributed by atoms with Gasteiger partial charge in [0.05, 0.1) is 22.4 Å². The number of hydrogen-bond donors (Lipinski definition) is 0. The van der Waals surface area contributed by atoms with E-state index in [4.69, 9.17) is 0 Å². The van der Waals surface area contributed by atoms with Gasteiger partial charge >= 0.3 is 0 Å². The summed E-state index contributed by atoms with van der Waals surface area (Å²) in [5.41, 5.74) is 2.18. The zero-order valence-corrected chi connectivity index (χ0v) is 19.6. The molecule has 1 aliphatic carbocycles. The van der Waals surface area contributed by atoms with Crippen molar-refractivity contribution in [3.63, 3.8) is 0 Å². The second-order valence-electron chi connectivity index (χ2n) is 10.2. The highest BCUT2D eigenvalue weighted by Gasteiger charge is 2.50. The quantitative estimate of drug-likeness (QED) is 0.356. The molecule has 3 aliphatic rings. The van der Waals surface area contributed by atoms with Gasteiger partial charge in [-0.05, 0) is 68.1 Å². The number of rotatable bonds is 5. The number of carbonyl (C=O) groups is 2. The Morgan fingerprint density at radius 1 is 0.941 bits per heavy atom. The maximum Gasteiger partial charge on any atom is 0.294 e. The summed E-state index contributed by atoms with van der Waals surface area (Å²) in [6.45, 7) is 3.61. The van der Waals surface area contributed by atoms with E-state index >= 15 is 0 Å². The average molecular weight is 462 g/mol. The molecule has 0 aromatic heterocycles. The molecule has 34 heavy (non-hydrogen) atoms. The molecule has 7 nitrogen and oxygen atoms in total. The lowest BCUT2D eigenvalue weighted by Gasteiger charge is -2.33. The number of benzene rings is 2. The summed E-state index contributed by atoms with van der Waals surface area (Å²) in [5, 5.41) is 12.0. The molecule has 2 aliphatic heterocycles. The average Bonchev–Trinajstić information content (AvgIpc) is 3.09. The Hall–Kier alpha value is -3.22. The Morgan fingerprint density at radius 3 is 2.35 bits per heavy atom. The third-order valence-corrected chi connectivity index (χ3v) is 7.92. The van der Waals surface area contributed by atoms with Crippen molar-refractivity contribution in [1.29, 1.82) is 0 Å². The molecule has 2 aromatic rings. The molecule has 0 spiro atoms. The molecule has 3 atom stereocenters. The van der Waals surface area contributed by atoms with Gasteiger partial charge in [0.1, 0.15) is 5.69 Å². The van der Waals surface area contributed by atoms with Crippen LogP contribution in [-0.4, -0.2) is 29.8 Å². The summed E-state index contributed by atoms with van der Waals surface area (Å²) in [6.07, 6.45) is 5.33. The van der Waals surface area contributed by atoms with Crippen LogP contribution in [0, 0.1) is 33.8 Å². The number of fused-ring (bicyclic) bond motifs is 1. The third-order valence-electron chi connectivity index (χ3n) is 7.92. The lowest BCUT2D eigenvalue weighted by atomic mass is 9.76. The van der Waals surface area contributed by atoms with Crippen LogP contribution in [0.2, 0.25) is 0 Å². The van der Waals surface area contributed by atoms with Crippen LogP contribution in [0.15, 0.2) is 48.5 Å². The highest BCUT2D eigenvalue weighted by atomic mass is 16.6. The van der Waals surface area contributed by atoms with Crippen molar-refractivity contribution in [3.05, 3.63) is 64.2 Å². The number of amides is 2. The minimum atomic E-state index is -0.394. The van der Waals surface area contributed by atoms with Gasteiger partial charge in [-0.3, -0.25) is 19.7 Å². The van der Waals surface area contributed by atoms with Gasteiger partial charge in [0.15, 0.2) is 0 Å². The minimum absolute atomic E-state index is 0.0390. The first-order valence-corrected chi connectivity index (χ1v) is 12.4. The normalized spacial score (nSPS) is 25.5. The van der Waals surface area contributed by atoms with Crippen LogP contribution >= 0.6 is 0 Å². The standard InChI is InChI=1S/C27H31N3O4/c1-18-7-9-22-23(15-18)27(32)29(26(22)31)21-8-10-24(25(17-21)30(33)34)28-13-11-20(12-14-28)16-19-5-3-2-4-6-19/h2-6,8,10,17-18,20,22-23H,7,9,11-16H2,1H3/t18-,22-,23-/m1/s1. The van der Waals surface area contributed by atoms with Crippen LogP contribution in [0.1, 0.15) is 44.6 Å². The fourth-order valence-electron chi connectivity index (χ4n) is 6.03. The number of piperidine rings is 1. The second-order valence-corrected chi connectivity index (χ2v) is 10.2. The predicted molar refractivity (Wildman–Crippen MR) is 131 cm³/mol. The first kappa shape index (κ1) is 22.6. The van der Waals surface area contributed by atoms with E-state index in [-0.39, 0.29) is 29.3 Å². The summed E-state index contributed by atoms with van der Waals surface area (Å²) < 4.78 is 0. The summed E-state index contributed by atoms with van der Waals surface area (Å²) >= 11 is 0. The van der Waals surface area contributed by atoms with E-state index in [2.05, 4.69) is 36.1 Å². The molecule has 0 unspecified atom stereocenters. The molecule has 2 aromatic carbocycles. The Bertz CT molecular complexity index is 1090. The highest BCUT2D eigenvalue weighted by Crippen LogP contribution is 2.43. The molecular formula is C27H31N3O4. The molecule has 3 fully saturated rings. The topological polar surface area (TPSA) is 83.8 Å². The molecule has 2 saturated heterocycles. The molecule has 178 valence electrons. The number of nitro benzene ring substituents is 1. The Kier molecular flexibility index (Phi) is 6.11. The zero-order valence-electron chi connectivity index (χ0n) is 19.6. The number of hydrogen-bond acceptors (Lipinski definition) is 5. The monoisotopic (exact) mass is 461 g/mol. The van der Waals surface area contributed by atoms with E-state index in [0.29, 0.717) is 36.1 Å². The van der Waals surface area contributed by atoms with Crippen molar-refractivity contribution < 1.29 is 14.5 Å². The summed E-state index contributed by atoms with van der Waals surface area (Å²) in [4.78, 5) is 41.0. The molecule has 7 heteroatoms. The summed E-state index contributed by atoms with van der Waals surface area (Å²) in [7, 11) is 0. The lowest BCUT2D eigenvalue weighted by Crippen LogP contribution is -2.35. The second kappa shape index (κ2) is 9.20.